The standard InChI is InChI=1S/C13H16N2O4S/c16-13(17)12-11-4-2-1-3-9(11)7-8-15(12)20(18,19)14-10-5-6-10/h1-4,10,12,14H,5-8H2,(H,16,17). The molecule has 0 spiro atoms. The Labute approximate surface area is 117 Å². The van der Waals surface area contributed by atoms with Crippen molar-refractivity contribution in [2.75, 3.05) is 6.54 Å². The second-order valence-electron chi connectivity index (χ2n) is 5.20. The van der Waals surface area contributed by atoms with Crippen LogP contribution in [0, 0.1) is 0 Å². The van der Waals surface area contributed by atoms with Gasteiger partial charge in [-0.15, -0.1) is 0 Å². The molecule has 20 heavy (non-hydrogen) atoms. The maximum absolute atomic E-state index is 12.3. The monoisotopic (exact) mass is 296 g/mol. The summed E-state index contributed by atoms with van der Waals surface area (Å²) in [6.07, 6.45) is 2.17. The van der Waals surface area contributed by atoms with Crippen molar-refractivity contribution >= 4 is 16.2 Å². The highest BCUT2D eigenvalue weighted by atomic mass is 32.2. The molecule has 1 atom stereocenters. The molecule has 0 bridgehead atoms. The second kappa shape index (κ2) is 4.83. The van der Waals surface area contributed by atoms with E-state index in [0.717, 1.165) is 22.7 Å². The van der Waals surface area contributed by atoms with Crippen LogP contribution < -0.4 is 4.72 Å². The van der Waals surface area contributed by atoms with E-state index in [0.29, 0.717) is 12.0 Å². The summed E-state index contributed by atoms with van der Waals surface area (Å²) in [6, 6.07) is 5.93. The summed E-state index contributed by atoms with van der Waals surface area (Å²) in [6.45, 7) is 0.191. The summed E-state index contributed by atoms with van der Waals surface area (Å²) in [5, 5.41) is 9.43. The Morgan fingerprint density at radius 2 is 2.00 bits per heavy atom. The van der Waals surface area contributed by atoms with Gasteiger partial charge in [-0.05, 0) is 30.4 Å². The first-order valence-corrected chi connectivity index (χ1v) is 8.03. The summed E-state index contributed by atoms with van der Waals surface area (Å²) in [5.41, 5.74) is 1.46. The van der Waals surface area contributed by atoms with E-state index in [1.807, 2.05) is 12.1 Å². The van der Waals surface area contributed by atoms with Gasteiger partial charge in [0.1, 0.15) is 6.04 Å². The smallest absolute Gasteiger partial charge is 0.326 e. The van der Waals surface area contributed by atoms with E-state index >= 15 is 0 Å². The number of carboxylic acid groups (broad SMARTS) is 1. The third kappa shape index (κ3) is 2.44. The van der Waals surface area contributed by atoms with Crippen LogP contribution in [0.15, 0.2) is 24.3 Å². The maximum Gasteiger partial charge on any atom is 0.326 e. The van der Waals surface area contributed by atoms with Crippen LogP contribution in [0.5, 0.6) is 0 Å². The fourth-order valence-electron chi connectivity index (χ4n) is 2.54. The summed E-state index contributed by atoms with van der Waals surface area (Å²) in [5.74, 6) is -1.14. The van der Waals surface area contributed by atoms with Crippen molar-refractivity contribution < 1.29 is 18.3 Å². The van der Waals surface area contributed by atoms with Crippen LogP contribution in [0.3, 0.4) is 0 Å². The molecule has 3 rings (SSSR count). The SMILES string of the molecule is O=C(O)C1c2ccccc2CCN1S(=O)(=O)NC1CC1. The fraction of sp³-hybridized carbons (Fsp3) is 0.462. The van der Waals surface area contributed by atoms with Gasteiger partial charge in [0.25, 0.3) is 10.2 Å². The van der Waals surface area contributed by atoms with Crippen molar-refractivity contribution in [3.8, 4) is 0 Å². The summed E-state index contributed by atoms with van der Waals surface area (Å²) in [7, 11) is -3.75. The van der Waals surface area contributed by atoms with Gasteiger partial charge in [-0.1, -0.05) is 24.3 Å². The van der Waals surface area contributed by atoms with E-state index in [2.05, 4.69) is 4.72 Å². The molecular formula is C13H16N2O4S. The Morgan fingerprint density at radius 1 is 1.30 bits per heavy atom. The number of aliphatic carboxylic acids is 1. The highest BCUT2D eigenvalue weighted by Gasteiger charge is 2.41. The van der Waals surface area contributed by atoms with E-state index in [4.69, 9.17) is 0 Å². The summed E-state index contributed by atoms with van der Waals surface area (Å²) in [4.78, 5) is 11.5. The van der Waals surface area contributed by atoms with Crippen LogP contribution in [-0.4, -0.2) is 36.4 Å². The molecule has 6 nitrogen and oxygen atoms in total. The Hall–Kier alpha value is -1.44. The van der Waals surface area contributed by atoms with Gasteiger partial charge in [0.2, 0.25) is 0 Å². The molecular weight excluding hydrogens is 280 g/mol. The van der Waals surface area contributed by atoms with Crippen LogP contribution in [0.2, 0.25) is 0 Å². The highest BCUT2D eigenvalue weighted by molar-refractivity contribution is 7.87. The van der Waals surface area contributed by atoms with Gasteiger partial charge in [-0.25, -0.2) is 0 Å². The number of benzene rings is 1. The average Bonchev–Trinajstić information content (AvgIpc) is 3.20. The molecule has 0 amide bonds. The third-order valence-corrected chi connectivity index (χ3v) is 5.32. The van der Waals surface area contributed by atoms with Gasteiger partial charge in [0.05, 0.1) is 0 Å². The van der Waals surface area contributed by atoms with Crippen LogP contribution in [0.1, 0.15) is 30.0 Å². The Morgan fingerprint density at radius 3 is 2.65 bits per heavy atom. The van der Waals surface area contributed by atoms with Crippen molar-refractivity contribution in [1.29, 1.82) is 0 Å². The molecule has 1 aromatic carbocycles. The average molecular weight is 296 g/mol. The Balaban J connectivity index is 1.97. The number of fused-ring (bicyclic) bond motifs is 1. The zero-order valence-corrected chi connectivity index (χ0v) is 11.6. The van der Waals surface area contributed by atoms with E-state index in [1.165, 1.54) is 0 Å². The van der Waals surface area contributed by atoms with Crippen LogP contribution >= 0.6 is 0 Å². The van der Waals surface area contributed by atoms with Gasteiger partial charge in [0, 0.05) is 12.6 Å². The zero-order valence-electron chi connectivity index (χ0n) is 10.8. The second-order valence-corrected chi connectivity index (χ2v) is 6.85. The Bertz CT molecular complexity index is 640. The predicted octanol–water partition coefficient (Wildman–Crippen LogP) is 0.667. The number of hydrogen-bond donors (Lipinski definition) is 2. The first kappa shape index (κ1) is 13.5. The zero-order chi connectivity index (χ0) is 14.3. The van der Waals surface area contributed by atoms with Crippen LogP contribution in [0.25, 0.3) is 0 Å². The van der Waals surface area contributed by atoms with Gasteiger partial charge < -0.3 is 5.11 Å². The van der Waals surface area contributed by atoms with Gasteiger partial charge in [-0.3, -0.25) is 4.79 Å². The van der Waals surface area contributed by atoms with Crippen molar-refractivity contribution in [3.05, 3.63) is 35.4 Å². The topological polar surface area (TPSA) is 86.7 Å². The third-order valence-electron chi connectivity index (χ3n) is 3.67. The van der Waals surface area contributed by atoms with Crippen molar-refractivity contribution in [2.24, 2.45) is 0 Å². The minimum Gasteiger partial charge on any atom is -0.480 e. The van der Waals surface area contributed by atoms with Crippen LogP contribution in [0.4, 0.5) is 0 Å². The number of rotatable bonds is 4. The molecule has 0 radical (unpaired) electrons. The number of nitrogens with one attached hydrogen (secondary N) is 1. The van der Waals surface area contributed by atoms with E-state index in [9.17, 15) is 18.3 Å². The van der Waals surface area contributed by atoms with Gasteiger partial charge in [0.15, 0.2) is 0 Å². The molecule has 1 fully saturated rings. The lowest BCUT2D eigenvalue weighted by molar-refractivity contribution is -0.142. The Kier molecular flexibility index (Phi) is 3.27. The minimum atomic E-state index is -3.75. The molecule has 1 aliphatic heterocycles. The number of carboxylic acids is 1. The van der Waals surface area contributed by atoms with Crippen molar-refractivity contribution in [1.82, 2.24) is 9.03 Å². The summed E-state index contributed by atoms with van der Waals surface area (Å²) < 4.78 is 28.2. The molecule has 108 valence electrons. The first-order chi connectivity index (χ1) is 9.49. The minimum absolute atomic E-state index is 0.0355. The summed E-state index contributed by atoms with van der Waals surface area (Å²) >= 11 is 0. The quantitative estimate of drug-likeness (QED) is 0.855. The maximum atomic E-state index is 12.3. The molecule has 2 N–H and O–H groups in total. The molecule has 7 heteroatoms. The van der Waals surface area contributed by atoms with Crippen LogP contribution in [-0.2, 0) is 21.4 Å². The van der Waals surface area contributed by atoms with Gasteiger partial charge in [-0.2, -0.15) is 17.4 Å². The number of hydrogen-bond acceptors (Lipinski definition) is 3. The molecule has 1 aliphatic carbocycles. The number of carbonyl (C=O) groups is 1. The fourth-order valence-corrected chi connectivity index (χ4v) is 4.14. The molecule has 0 aromatic heterocycles. The molecule has 1 saturated carbocycles. The lowest BCUT2D eigenvalue weighted by Crippen LogP contribution is -2.49. The van der Waals surface area contributed by atoms with E-state index in [1.54, 1.807) is 12.1 Å². The largest absolute Gasteiger partial charge is 0.480 e. The van der Waals surface area contributed by atoms with E-state index < -0.39 is 22.2 Å². The molecule has 0 saturated heterocycles. The molecule has 2 aliphatic rings. The number of nitrogens with zero attached hydrogens (tertiary/aromatic N) is 1. The lowest BCUT2D eigenvalue weighted by Gasteiger charge is -2.33. The molecule has 1 heterocycles. The van der Waals surface area contributed by atoms with Crippen molar-refractivity contribution in [2.45, 2.75) is 31.3 Å². The highest BCUT2D eigenvalue weighted by Crippen LogP contribution is 2.32. The first-order valence-electron chi connectivity index (χ1n) is 6.59. The predicted molar refractivity (Wildman–Crippen MR) is 72.3 cm³/mol. The molecule has 1 aromatic rings. The normalized spacial score (nSPS) is 23.3. The van der Waals surface area contributed by atoms with Gasteiger partial charge >= 0.3 is 5.97 Å². The van der Waals surface area contributed by atoms with E-state index in [-0.39, 0.29) is 12.6 Å². The lowest BCUT2D eigenvalue weighted by atomic mass is 9.94. The van der Waals surface area contributed by atoms with Crippen molar-refractivity contribution in [3.63, 3.8) is 0 Å². The molecule has 1 unspecified atom stereocenters.